The maximum atomic E-state index is 4.66. The van der Waals surface area contributed by atoms with Gasteiger partial charge in [0.15, 0.2) is 0 Å². The first-order chi connectivity index (χ1) is 9.36. The molecule has 3 heterocycles. The van der Waals surface area contributed by atoms with Gasteiger partial charge in [0.2, 0.25) is 5.13 Å². The average molecular weight is 280 g/mol. The van der Waals surface area contributed by atoms with Gasteiger partial charge in [-0.05, 0) is 44.6 Å². The molecule has 0 aromatic carbocycles. The van der Waals surface area contributed by atoms with Crippen molar-refractivity contribution in [1.29, 1.82) is 0 Å². The van der Waals surface area contributed by atoms with Gasteiger partial charge in [-0.15, -0.1) is 0 Å². The monoisotopic (exact) mass is 280 g/mol. The largest absolute Gasteiger partial charge is 0.347 e. The second-order valence-corrected chi connectivity index (χ2v) is 6.50. The second kappa shape index (κ2) is 6.18. The van der Waals surface area contributed by atoms with Gasteiger partial charge < -0.3 is 10.2 Å². The van der Waals surface area contributed by atoms with E-state index in [4.69, 9.17) is 0 Å². The van der Waals surface area contributed by atoms with Crippen molar-refractivity contribution in [1.82, 2.24) is 14.7 Å². The minimum absolute atomic E-state index is 0.784. The number of nitrogens with one attached hydrogen (secondary N) is 1. The summed E-state index contributed by atoms with van der Waals surface area (Å²) in [5, 5.41) is 4.80. The molecule has 0 spiro atoms. The highest BCUT2D eigenvalue weighted by atomic mass is 32.1. The summed E-state index contributed by atoms with van der Waals surface area (Å²) in [5.74, 6) is 1.91. The molecule has 0 saturated carbocycles. The molecule has 0 radical (unpaired) electrons. The van der Waals surface area contributed by atoms with E-state index in [0.29, 0.717) is 0 Å². The summed E-state index contributed by atoms with van der Waals surface area (Å²) in [6, 6.07) is 0.784. The lowest BCUT2D eigenvalue weighted by Crippen LogP contribution is -2.40. The maximum absolute atomic E-state index is 4.66. The molecule has 1 unspecified atom stereocenters. The van der Waals surface area contributed by atoms with Crippen LogP contribution in [-0.4, -0.2) is 35.0 Å². The standard InChI is InChI=1S/C14H24N4S/c1-2-4-13-16-14(19-17-13)18-9-6-11(7-10-18)12-5-3-8-15-12/h11-12,15H,2-10H2,1H3. The minimum Gasteiger partial charge on any atom is -0.347 e. The molecular weight excluding hydrogens is 256 g/mol. The van der Waals surface area contributed by atoms with Gasteiger partial charge in [0, 0.05) is 37.1 Å². The molecule has 1 aromatic rings. The quantitative estimate of drug-likeness (QED) is 0.920. The van der Waals surface area contributed by atoms with Crippen LogP contribution in [0.1, 0.15) is 44.9 Å². The predicted octanol–water partition coefficient (Wildman–Crippen LogP) is 2.46. The molecule has 2 aliphatic rings. The normalized spacial score (nSPS) is 25.1. The lowest BCUT2D eigenvalue weighted by Gasteiger charge is -2.34. The number of rotatable bonds is 4. The molecule has 0 bridgehead atoms. The molecule has 2 aliphatic heterocycles. The summed E-state index contributed by atoms with van der Waals surface area (Å²) in [6.45, 7) is 5.72. The highest BCUT2D eigenvalue weighted by Crippen LogP contribution is 2.29. The topological polar surface area (TPSA) is 41.1 Å². The number of anilines is 1. The molecule has 1 atom stereocenters. The molecule has 2 saturated heterocycles. The molecule has 5 heteroatoms. The molecule has 0 aliphatic carbocycles. The van der Waals surface area contributed by atoms with E-state index in [1.165, 1.54) is 32.2 Å². The maximum Gasteiger partial charge on any atom is 0.205 e. The Balaban J connectivity index is 1.53. The Bertz CT molecular complexity index is 392. The van der Waals surface area contributed by atoms with E-state index in [2.05, 4.69) is 26.5 Å². The van der Waals surface area contributed by atoms with Crippen molar-refractivity contribution >= 4 is 16.7 Å². The summed E-state index contributed by atoms with van der Waals surface area (Å²) in [4.78, 5) is 7.10. The fraction of sp³-hybridized carbons (Fsp3) is 0.857. The zero-order valence-electron chi connectivity index (χ0n) is 11.8. The molecule has 4 nitrogen and oxygen atoms in total. The molecular formula is C14H24N4S. The summed E-state index contributed by atoms with van der Waals surface area (Å²) >= 11 is 1.58. The lowest BCUT2D eigenvalue weighted by molar-refractivity contribution is 0.319. The Hall–Kier alpha value is -0.680. The Morgan fingerprint density at radius 2 is 2.16 bits per heavy atom. The first kappa shape index (κ1) is 13.3. The van der Waals surface area contributed by atoms with Crippen LogP contribution in [0.15, 0.2) is 0 Å². The molecule has 2 fully saturated rings. The van der Waals surface area contributed by atoms with E-state index in [1.54, 1.807) is 11.5 Å². The van der Waals surface area contributed by atoms with Crippen LogP contribution in [0.2, 0.25) is 0 Å². The second-order valence-electron chi connectivity index (χ2n) is 5.77. The van der Waals surface area contributed by atoms with Gasteiger partial charge in [0.1, 0.15) is 5.82 Å². The van der Waals surface area contributed by atoms with Gasteiger partial charge in [0.05, 0.1) is 0 Å². The van der Waals surface area contributed by atoms with Crippen molar-refractivity contribution in [2.45, 2.75) is 51.5 Å². The van der Waals surface area contributed by atoms with E-state index in [0.717, 1.165) is 48.8 Å². The van der Waals surface area contributed by atoms with Gasteiger partial charge in [-0.3, -0.25) is 0 Å². The highest BCUT2D eigenvalue weighted by molar-refractivity contribution is 7.09. The molecule has 106 valence electrons. The SMILES string of the molecule is CCCc1nsc(N2CCC(C3CCCN3)CC2)n1. The van der Waals surface area contributed by atoms with Crippen molar-refractivity contribution in [2.24, 2.45) is 5.92 Å². The third kappa shape index (κ3) is 3.08. The lowest BCUT2D eigenvalue weighted by atomic mass is 9.89. The van der Waals surface area contributed by atoms with Crippen LogP contribution < -0.4 is 10.2 Å². The number of piperidine rings is 1. The van der Waals surface area contributed by atoms with Crippen LogP contribution >= 0.6 is 11.5 Å². The Kier molecular flexibility index (Phi) is 4.33. The van der Waals surface area contributed by atoms with E-state index in [1.807, 2.05) is 0 Å². The van der Waals surface area contributed by atoms with E-state index >= 15 is 0 Å². The Morgan fingerprint density at radius 1 is 1.32 bits per heavy atom. The molecule has 1 N–H and O–H groups in total. The third-order valence-electron chi connectivity index (χ3n) is 4.41. The molecule has 3 rings (SSSR count). The fourth-order valence-corrected chi connectivity index (χ4v) is 4.07. The fourth-order valence-electron chi connectivity index (χ4n) is 3.31. The average Bonchev–Trinajstić information content (AvgIpc) is 3.10. The Labute approximate surface area is 119 Å². The summed E-state index contributed by atoms with van der Waals surface area (Å²) in [6.07, 6.45) is 7.50. The number of aromatic nitrogens is 2. The number of nitrogens with zero attached hydrogens (tertiary/aromatic N) is 3. The van der Waals surface area contributed by atoms with E-state index in [9.17, 15) is 0 Å². The van der Waals surface area contributed by atoms with Crippen molar-refractivity contribution in [2.75, 3.05) is 24.5 Å². The van der Waals surface area contributed by atoms with E-state index in [-0.39, 0.29) is 0 Å². The van der Waals surface area contributed by atoms with Crippen LogP contribution in [-0.2, 0) is 6.42 Å². The third-order valence-corrected chi connectivity index (χ3v) is 5.22. The molecule has 0 amide bonds. The number of hydrogen-bond donors (Lipinski definition) is 1. The van der Waals surface area contributed by atoms with Crippen LogP contribution in [0.4, 0.5) is 5.13 Å². The van der Waals surface area contributed by atoms with Crippen molar-refractivity contribution in [3.8, 4) is 0 Å². The van der Waals surface area contributed by atoms with Crippen LogP contribution in [0.3, 0.4) is 0 Å². The van der Waals surface area contributed by atoms with Gasteiger partial charge in [-0.1, -0.05) is 6.92 Å². The molecule has 1 aromatic heterocycles. The highest BCUT2D eigenvalue weighted by Gasteiger charge is 2.29. The van der Waals surface area contributed by atoms with Crippen LogP contribution in [0.5, 0.6) is 0 Å². The van der Waals surface area contributed by atoms with Crippen molar-refractivity contribution < 1.29 is 0 Å². The first-order valence-electron chi connectivity index (χ1n) is 7.67. The van der Waals surface area contributed by atoms with Crippen LogP contribution in [0, 0.1) is 5.92 Å². The number of hydrogen-bond acceptors (Lipinski definition) is 5. The summed E-state index contributed by atoms with van der Waals surface area (Å²) in [7, 11) is 0. The summed E-state index contributed by atoms with van der Waals surface area (Å²) in [5.41, 5.74) is 0. The number of aryl methyl sites for hydroxylation is 1. The van der Waals surface area contributed by atoms with Crippen molar-refractivity contribution in [3.63, 3.8) is 0 Å². The Morgan fingerprint density at radius 3 is 2.84 bits per heavy atom. The summed E-state index contributed by atoms with van der Waals surface area (Å²) < 4.78 is 4.45. The van der Waals surface area contributed by atoms with E-state index < -0.39 is 0 Å². The predicted molar refractivity (Wildman–Crippen MR) is 79.9 cm³/mol. The van der Waals surface area contributed by atoms with Gasteiger partial charge >= 0.3 is 0 Å². The molecule has 19 heavy (non-hydrogen) atoms. The zero-order chi connectivity index (χ0) is 13.1. The zero-order valence-corrected chi connectivity index (χ0v) is 12.6. The first-order valence-corrected chi connectivity index (χ1v) is 8.45. The van der Waals surface area contributed by atoms with Gasteiger partial charge in [-0.2, -0.15) is 4.37 Å². The minimum atomic E-state index is 0.784. The van der Waals surface area contributed by atoms with Gasteiger partial charge in [-0.25, -0.2) is 4.98 Å². The van der Waals surface area contributed by atoms with Crippen molar-refractivity contribution in [3.05, 3.63) is 5.82 Å². The smallest absolute Gasteiger partial charge is 0.205 e. The van der Waals surface area contributed by atoms with Crippen LogP contribution in [0.25, 0.3) is 0 Å². The van der Waals surface area contributed by atoms with Gasteiger partial charge in [0.25, 0.3) is 0 Å².